The molecule has 2 aromatic rings. The molecule has 0 aromatic heterocycles. The highest BCUT2D eigenvalue weighted by Crippen LogP contribution is 2.44. The van der Waals surface area contributed by atoms with Gasteiger partial charge in [0.1, 0.15) is 23.2 Å². The van der Waals surface area contributed by atoms with Crippen LogP contribution in [-0.4, -0.2) is 36.7 Å². The van der Waals surface area contributed by atoms with Crippen LogP contribution < -0.4 is 9.47 Å². The Morgan fingerprint density at radius 1 is 1.00 bits per heavy atom. The maximum atomic E-state index is 12.9. The number of alkyl halides is 1. The molecule has 3 atom stereocenters. The summed E-state index contributed by atoms with van der Waals surface area (Å²) in [5, 5.41) is 0. The zero-order valence-electron chi connectivity index (χ0n) is 16.2. The van der Waals surface area contributed by atoms with Crippen LogP contribution in [0.25, 0.3) is 0 Å². The molecule has 1 aliphatic heterocycles. The van der Waals surface area contributed by atoms with Gasteiger partial charge < -0.3 is 14.4 Å². The fraction of sp³-hybridized carbons (Fsp3) is 0.364. The molecule has 0 saturated carbocycles. The number of likely N-dealkylation sites (tertiary alicyclic amines) is 1. The van der Waals surface area contributed by atoms with Gasteiger partial charge in [0.05, 0.1) is 26.3 Å². The Labute approximate surface area is 170 Å². The summed E-state index contributed by atoms with van der Waals surface area (Å²) in [5.41, 5.74) is 1.77. The fourth-order valence-electron chi connectivity index (χ4n) is 3.84. The highest BCUT2D eigenvalue weighted by atomic mass is 35.5. The van der Waals surface area contributed by atoms with Gasteiger partial charge in [0, 0.05) is 12.3 Å². The highest BCUT2D eigenvalue weighted by molar-refractivity contribution is 6.27. The number of nitrogens with zero attached hydrogens (tertiary/aromatic N) is 1. The highest BCUT2D eigenvalue weighted by Gasteiger charge is 2.43. The van der Waals surface area contributed by atoms with Gasteiger partial charge in [-0.05, 0) is 35.4 Å². The monoisotopic (exact) mass is 401 g/mol. The van der Waals surface area contributed by atoms with Crippen LogP contribution in [0.15, 0.2) is 48.5 Å². The number of amides is 1. The van der Waals surface area contributed by atoms with Crippen molar-refractivity contribution in [2.75, 3.05) is 20.1 Å². The molecule has 0 N–H and O–H groups in total. The largest absolute Gasteiger partial charge is 0.497 e. The van der Waals surface area contributed by atoms with Crippen LogP contribution in [0.5, 0.6) is 11.5 Å². The van der Waals surface area contributed by atoms with E-state index < -0.39 is 0 Å². The van der Waals surface area contributed by atoms with Crippen LogP contribution >= 0.6 is 11.6 Å². The number of piperidine rings is 1. The molecule has 0 spiro atoms. The number of methoxy groups -OCH3 is 2. The van der Waals surface area contributed by atoms with Crippen molar-refractivity contribution in [3.63, 3.8) is 0 Å². The first-order valence-electron chi connectivity index (χ1n) is 9.18. The molecule has 28 heavy (non-hydrogen) atoms. The van der Waals surface area contributed by atoms with Gasteiger partial charge in [-0.2, -0.15) is 0 Å². The molecule has 5 nitrogen and oxygen atoms in total. The van der Waals surface area contributed by atoms with Crippen molar-refractivity contribution in [3.05, 3.63) is 59.7 Å². The molecule has 1 saturated heterocycles. The molecule has 0 radical (unpaired) electrons. The fourth-order valence-corrected chi connectivity index (χ4v) is 3.98. The summed E-state index contributed by atoms with van der Waals surface area (Å²) in [4.78, 5) is 27.5. The number of benzene rings is 2. The van der Waals surface area contributed by atoms with Gasteiger partial charge in [-0.3, -0.25) is 9.59 Å². The number of hydrogen-bond acceptors (Lipinski definition) is 4. The van der Waals surface area contributed by atoms with E-state index in [4.69, 9.17) is 21.1 Å². The van der Waals surface area contributed by atoms with Crippen LogP contribution in [0.4, 0.5) is 0 Å². The first-order chi connectivity index (χ1) is 13.5. The van der Waals surface area contributed by atoms with Crippen LogP contribution in [0.1, 0.15) is 36.6 Å². The molecule has 1 amide bonds. The Morgan fingerprint density at radius 2 is 1.50 bits per heavy atom. The number of carbonyl (C=O) groups excluding carboxylic acids is 2. The zero-order valence-corrected chi connectivity index (χ0v) is 17.0. The van der Waals surface area contributed by atoms with E-state index in [1.807, 2.05) is 55.5 Å². The summed E-state index contributed by atoms with van der Waals surface area (Å²) in [7, 11) is 3.20. The third-order valence-electron chi connectivity index (χ3n) is 5.37. The SMILES string of the molecule is COc1ccc([C@H]2CC(=O)[C@H](C)[C@@H](c3ccc(OC)cc3)N2C(=O)CCl)cc1. The van der Waals surface area contributed by atoms with Crippen molar-refractivity contribution in [2.24, 2.45) is 5.92 Å². The van der Waals surface area contributed by atoms with Crippen molar-refractivity contribution in [1.82, 2.24) is 4.90 Å². The molecule has 0 bridgehead atoms. The Kier molecular flexibility index (Phi) is 6.25. The number of carbonyl (C=O) groups is 2. The van der Waals surface area contributed by atoms with E-state index in [0.29, 0.717) is 0 Å². The molecule has 2 aromatic carbocycles. The maximum absolute atomic E-state index is 12.9. The van der Waals surface area contributed by atoms with E-state index in [1.54, 1.807) is 19.1 Å². The van der Waals surface area contributed by atoms with Crippen molar-refractivity contribution in [1.29, 1.82) is 0 Å². The molecular formula is C22H24ClNO4. The molecule has 3 rings (SSSR count). The molecule has 1 aliphatic rings. The number of ether oxygens (including phenoxy) is 2. The molecule has 0 aliphatic carbocycles. The summed E-state index contributed by atoms with van der Waals surface area (Å²) in [5.74, 6) is 0.917. The zero-order chi connectivity index (χ0) is 20.3. The third kappa shape index (κ3) is 3.85. The number of ketones is 1. The molecular weight excluding hydrogens is 378 g/mol. The summed E-state index contributed by atoms with van der Waals surface area (Å²) in [6, 6.07) is 14.2. The Balaban J connectivity index is 2.05. The number of Topliss-reactive ketones (excluding diaryl/α,β-unsaturated/α-hetero) is 1. The molecule has 6 heteroatoms. The van der Waals surface area contributed by atoms with Gasteiger partial charge in [0.2, 0.25) is 5.91 Å². The lowest BCUT2D eigenvalue weighted by Gasteiger charge is -2.45. The molecule has 1 fully saturated rings. The van der Waals surface area contributed by atoms with E-state index in [0.717, 1.165) is 22.6 Å². The van der Waals surface area contributed by atoms with Gasteiger partial charge >= 0.3 is 0 Å². The number of halogens is 1. The summed E-state index contributed by atoms with van der Waals surface area (Å²) in [6.07, 6.45) is 0.267. The minimum Gasteiger partial charge on any atom is -0.497 e. The second-order valence-electron chi connectivity index (χ2n) is 6.90. The lowest BCUT2D eigenvalue weighted by Crippen LogP contribution is -2.48. The molecule has 0 unspecified atom stereocenters. The van der Waals surface area contributed by atoms with Crippen LogP contribution in [-0.2, 0) is 9.59 Å². The van der Waals surface area contributed by atoms with Crippen LogP contribution in [0.2, 0.25) is 0 Å². The molecule has 1 heterocycles. The predicted octanol–water partition coefficient (Wildman–Crippen LogP) is 4.16. The number of hydrogen-bond donors (Lipinski definition) is 0. The standard InChI is InChI=1S/C22H24ClNO4/c1-14-20(25)12-19(15-4-8-17(27-2)9-5-15)24(21(26)13-23)22(14)16-6-10-18(28-3)11-7-16/h4-11,14,19,22H,12-13H2,1-3H3/t14-,19+,22-/m0/s1. The topological polar surface area (TPSA) is 55.8 Å². The van der Waals surface area contributed by atoms with Crippen molar-refractivity contribution in [3.8, 4) is 11.5 Å². The number of rotatable bonds is 5. The first-order valence-corrected chi connectivity index (χ1v) is 9.71. The average Bonchev–Trinajstić information content (AvgIpc) is 2.74. The van der Waals surface area contributed by atoms with Crippen molar-refractivity contribution >= 4 is 23.3 Å². The van der Waals surface area contributed by atoms with E-state index >= 15 is 0 Å². The Hall–Kier alpha value is -2.53. The summed E-state index contributed by atoms with van der Waals surface area (Å²) in [6.45, 7) is 1.87. The minimum atomic E-state index is -0.384. The average molecular weight is 402 g/mol. The van der Waals surface area contributed by atoms with Gasteiger partial charge in [-0.25, -0.2) is 0 Å². The quantitative estimate of drug-likeness (QED) is 0.706. The van der Waals surface area contributed by atoms with E-state index in [-0.39, 0.29) is 42.0 Å². The Morgan fingerprint density at radius 3 is 1.96 bits per heavy atom. The van der Waals surface area contributed by atoms with Gasteiger partial charge in [0.15, 0.2) is 0 Å². The normalized spacial score (nSPS) is 22.1. The summed E-state index contributed by atoms with van der Waals surface area (Å²) >= 11 is 5.95. The summed E-state index contributed by atoms with van der Waals surface area (Å²) < 4.78 is 10.5. The van der Waals surface area contributed by atoms with Crippen molar-refractivity contribution < 1.29 is 19.1 Å². The molecule has 148 valence electrons. The van der Waals surface area contributed by atoms with Crippen LogP contribution in [0, 0.1) is 5.92 Å². The lowest BCUT2D eigenvalue weighted by molar-refractivity contribution is -0.144. The smallest absolute Gasteiger partial charge is 0.238 e. The van der Waals surface area contributed by atoms with Crippen molar-refractivity contribution in [2.45, 2.75) is 25.4 Å². The van der Waals surface area contributed by atoms with Gasteiger partial charge in [0.25, 0.3) is 0 Å². The van der Waals surface area contributed by atoms with E-state index in [1.165, 1.54) is 0 Å². The Bertz CT molecular complexity index is 835. The van der Waals surface area contributed by atoms with E-state index in [9.17, 15) is 9.59 Å². The lowest BCUT2D eigenvalue weighted by atomic mass is 9.80. The first kappa shape index (κ1) is 20.2. The van der Waals surface area contributed by atoms with Gasteiger partial charge in [-0.15, -0.1) is 11.6 Å². The van der Waals surface area contributed by atoms with Gasteiger partial charge in [-0.1, -0.05) is 31.2 Å². The maximum Gasteiger partial charge on any atom is 0.238 e. The van der Waals surface area contributed by atoms with Crippen LogP contribution in [0.3, 0.4) is 0 Å². The van der Waals surface area contributed by atoms with E-state index in [2.05, 4.69) is 0 Å². The predicted molar refractivity (Wildman–Crippen MR) is 108 cm³/mol. The second kappa shape index (κ2) is 8.65. The third-order valence-corrected chi connectivity index (χ3v) is 5.60. The minimum absolute atomic E-state index is 0.125. The second-order valence-corrected chi connectivity index (χ2v) is 7.17.